The van der Waals surface area contributed by atoms with Crippen molar-refractivity contribution in [2.24, 2.45) is 0 Å². The van der Waals surface area contributed by atoms with Crippen molar-refractivity contribution < 1.29 is 9.66 Å². The molecule has 0 aliphatic carbocycles. The molecule has 0 fully saturated rings. The van der Waals surface area contributed by atoms with Gasteiger partial charge in [0.2, 0.25) is 0 Å². The van der Waals surface area contributed by atoms with Crippen LogP contribution in [0.25, 0.3) is 0 Å². The van der Waals surface area contributed by atoms with Crippen LogP contribution in [0.15, 0.2) is 12.4 Å². The molecule has 7 heteroatoms. The van der Waals surface area contributed by atoms with Crippen molar-refractivity contribution >= 4 is 5.69 Å². The molecule has 0 unspecified atom stereocenters. The molecule has 1 heterocycles. The van der Waals surface area contributed by atoms with Crippen LogP contribution in [-0.4, -0.2) is 34.6 Å². The van der Waals surface area contributed by atoms with Crippen LogP contribution in [0.2, 0.25) is 0 Å². The van der Waals surface area contributed by atoms with Gasteiger partial charge in [-0.15, -0.1) is 0 Å². The SMILES string of the molecule is CCCNCCOc1ncc([N+](=O)[O-])cn1. The lowest BCUT2D eigenvalue weighted by Gasteiger charge is -2.04. The number of hydrogen-bond acceptors (Lipinski definition) is 6. The first-order chi connectivity index (χ1) is 7.74. The second-order valence-corrected chi connectivity index (χ2v) is 3.08. The molecule has 1 aromatic rings. The number of rotatable bonds is 7. The Bertz CT molecular complexity index is 328. The van der Waals surface area contributed by atoms with E-state index in [2.05, 4.69) is 22.2 Å². The van der Waals surface area contributed by atoms with Crippen molar-refractivity contribution in [3.05, 3.63) is 22.5 Å². The van der Waals surface area contributed by atoms with Gasteiger partial charge >= 0.3 is 11.7 Å². The van der Waals surface area contributed by atoms with Crippen molar-refractivity contribution in [2.45, 2.75) is 13.3 Å². The molecule has 0 aromatic carbocycles. The van der Waals surface area contributed by atoms with Crippen molar-refractivity contribution in [1.82, 2.24) is 15.3 Å². The van der Waals surface area contributed by atoms with E-state index in [-0.39, 0.29) is 11.7 Å². The highest BCUT2D eigenvalue weighted by atomic mass is 16.6. The van der Waals surface area contributed by atoms with E-state index in [4.69, 9.17) is 4.74 Å². The third-order valence-electron chi connectivity index (χ3n) is 1.76. The Balaban J connectivity index is 2.29. The zero-order valence-corrected chi connectivity index (χ0v) is 9.05. The number of hydrogen-bond donors (Lipinski definition) is 1. The van der Waals surface area contributed by atoms with Crippen molar-refractivity contribution in [2.75, 3.05) is 19.7 Å². The van der Waals surface area contributed by atoms with E-state index in [1.165, 1.54) is 0 Å². The number of aromatic nitrogens is 2. The molecule has 0 aliphatic rings. The van der Waals surface area contributed by atoms with Gasteiger partial charge in [-0.2, -0.15) is 9.97 Å². The molecule has 1 aromatic heterocycles. The Hall–Kier alpha value is -1.76. The van der Waals surface area contributed by atoms with Crippen LogP contribution >= 0.6 is 0 Å². The van der Waals surface area contributed by atoms with Crippen LogP contribution in [0.3, 0.4) is 0 Å². The average molecular weight is 226 g/mol. The zero-order valence-electron chi connectivity index (χ0n) is 9.05. The minimum Gasteiger partial charge on any atom is -0.462 e. The predicted molar refractivity (Wildman–Crippen MR) is 57.3 cm³/mol. The number of nitro groups is 1. The van der Waals surface area contributed by atoms with Crippen LogP contribution in [0, 0.1) is 10.1 Å². The Kier molecular flexibility index (Phi) is 5.13. The summed E-state index contributed by atoms with van der Waals surface area (Å²) in [6, 6.07) is 0.156. The van der Waals surface area contributed by atoms with Crippen LogP contribution in [0.1, 0.15) is 13.3 Å². The van der Waals surface area contributed by atoms with Crippen LogP contribution in [0.4, 0.5) is 5.69 Å². The number of nitrogens with zero attached hydrogens (tertiary/aromatic N) is 3. The van der Waals surface area contributed by atoms with Crippen LogP contribution in [0.5, 0.6) is 6.01 Å². The molecule has 0 atom stereocenters. The van der Waals surface area contributed by atoms with Crippen molar-refractivity contribution in [3.63, 3.8) is 0 Å². The second-order valence-electron chi connectivity index (χ2n) is 3.08. The van der Waals surface area contributed by atoms with Gasteiger partial charge in [0.1, 0.15) is 19.0 Å². The molecular weight excluding hydrogens is 212 g/mol. The van der Waals surface area contributed by atoms with E-state index in [1.54, 1.807) is 0 Å². The fourth-order valence-electron chi connectivity index (χ4n) is 0.994. The maximum atomic E-state index is 10.3. The lowest BCUT2D eigenvalue weighted by molar-refractivity contribution is -0.385. The molecule has 16 heavy (non-hydrogen) atoms. The highest BCUT2D eigenvalue weighted by Gasteiger charge is 2.06. The molecule has 0 aliphatic heterocycles. The monoisotopic (exact) mass is 226 g/mol. The van der Waals surface area contributed by atoms with Crippen molar-refractivity contribution in [1.29, 1.82) is 0 Å². The summed E-state index contributed by atoms with van der Waals surface area (Å²) in [5, 5.41) is 13.5. The first kappa shape index (κ1) is 12.3. The molecular formula is C9H14N4O3. The molecule has 0 radical (unpaired) electrons. The Morgan fingerprint density at radius 2 is 2.12 bits per heavy atom. The van der Waals surface area contributed by atoms with Crippen LogP contribution < -0.4 is 10.1 Å². The van der Waals surface area contributed by atoms with Gasteiger partial charge in [-0.1, -0.05) is 6.92 Å². The van der Waals surface area contributed by atoms with Crippen LogP contribution in [-0.2, 0) is 0 Å². The van der Waals surface area contributed by atoms with Gasteiger partial charge in [-0.3, -0.25) is 10.1 Å². The van der Waals surface area contributed by atoms with Crippen molar-refractivity contribution in [3.8, 4) is 6.01 Å². The maximum Gasteiger partial charge on any atom is 0.316 e. The second kappa shape index (κ2) is 6.67. The molecule has 1 rings (SSSR count). The normalized spacial score (nSPS) is 10.1. The number of nitrogens with one attached hydrogen (secondary N) is 1. The minimum absolute atomic E-state index is 0.142. The van der Waals surface area contributed by atoms with Gasteiger partial charge in [0.15, 0.2) is 0 Å². The summed E-state index contributed by atoms with van der Waals surface area (Å²) >= 11 is 0. The van der Waals surface area contributed by atoms with Gasteiger partial charge in [-0.05, 0) is 13.0 Å². The van der Waals surface area contributed by atoms with E-state index in [0.717, 1.165) is 25.4 Å². The van der Waals surface area contributed by atoms with Gasteiger partial charge < -0.3 is 10.1 Å². The van der Waals surface area contributed by atoms with E-state index < -0.39 is 4.92 Å². The Morgan fingerprint density at radius 3 is 2.69 bits per heavy atom. The highest BCUT2D eigenvalue weighted by Crippen LogP contribution is 2.08. The molecule has 1 N–H and O–H groups in total. The summed E-state index contributed by atoms with van der Waals surface area (Å²) in [5.41, 5.74) is -0.142. The molecule has 0 bridgehead atoms. The topological polar surface area (TPSA) is 90.2 Å². The summed E-state index contributed by atoms with van der Waals surface area (Å²) in [6.45, 7) is 4.16. The van der Waals surface area contributed by atoms with Gasteiger partial charge in [0.25, 0.3) is 0 Å². The Labute approximate surface area is 93.0 Å². The highest BCUT2D eigenvalue weighted by molar-refractivity contribution is 5.21. The largest absolute Gasteiger partial charge is 0.462 e. The summed E-state index contributed by atoms with van der Waals surface area (Å²) < 4.78 is 5.18. The third-order valence-corrected chi connectivity index (χ3v) is 1.76. The quantitative estimate of drug-likeness (QED) is 0.419. The average Bonchev–Trinajstić information content (AvgIpc) is 2.29. The lowest BCUT2D eigenvalue weighted by Crippen LogP contribution is -2.22. The smallest absolute Gasteiger partial charge is 0.316 e. The fourth-order valence-corrected chi connectivity index (χ4v) is 0.994. The molecule has 0 spiro atoms. The summed E-state index contributed by atoms with van der Waals surface area (Å²) in [7, 11) is 0. The molecule has 0 saturated heterocycles. The van der Waals surface area contributed by atoms with E-state index in [9.17, 15) is 10.1 Å². The summed E-state index contributed by atoms with van der Waals surface area (Å²) in [6.07, 6.45) is 3.32. The van der Waals surface area contributed by atoms with E-state index >= 15 is 0 Å². The number of ether oxygens (including phenoxy) is 1. The van der Waals surface area contributed by atoms with Gasteiger partial charge in [0, 0.05) is 6.54 Å². The first-order valence-corrected chi connectivity index (χ1v) is 5.04. The predicted octanol–water partition coefficient (Wildman–Crippen LogP) is 0.763. The van der Waals surface area contributed by atoms with E-state index in [0.29, 0.717) is 13.2 Å². The molecule has 7 nitrogen and oxygen atoms in total. The van der Waals surface area contributed by atoms with E-state index in [1.807, 2.05) is 0 Å². The standard InChI is InChI=1S/C9H14N4O3/c1-2-3-10-4-5-16-9-11-6-8(7-12-9)13(14)15/h6-7,10H,2-5H2,1H3. The maximum absolute atomic E-state index is 10.3. The van der Waals surface area contributed by atoms with Gasteiger partial charge in [0.05, 0.1) is 4.92 Å². The third kappa shape index (κ3) is 4.18. The molecule has 88 valence electrons. The summed E-state index contributed by atoms with van der Waals surface area (Å²) in [4.78, 5) is 17.2. The van der Waals surface area contributed by atoms with Gasteiger partial charge in [-0.25, -0.2) is 0 Å². The zero-order chi connectivity index (χ0) is 11.8. The molecule has 0 saturated carbocycles. The molecule has 0 amide bonds. The Morgan fingerprint density at radius 1 is 1.44 bits per heavy atom. The lowest BCUT2D eigenvalue weighted by atomic mass is 10.5. The summed E-state index contributed by atoms with van der Waals surface area (Å²) in [5.74, 6) is 0. The first-order valence-electron chi connectivity index (χ1n) is 5.04. The fraction of sp³-hybridized carbons (Fsp3) is 0.556. The minimum atomic E-state index is -0.549.